The number of carbonyl (C=O) groups is 4. The minimum atomic E-state index is -1.44. The second-order valence-corrected chi connectivity index (χ2v) is 14.8. The number of hydrogen-bond acceptors (Lipinski definition) is 7. The molecule has 10 nitrogen and oxygen atoms in total. The smallest absolute Gasteiger partial charge is 0.313 e. The maximum atomic E-state index is 15.1. The zero-order valence-electron chi connectivity index (χ0n) is 28.2. The van der Waals surface area contributed by atoms with Crippen molar-refractivity contribution < 1.29 is 33.8 Å². The number of amides is 3. The average molecular weight is 769 g/mol. The van der Waals surface area contributed by atoms with E-state index in [4.69, 9.17) is 21.1 Å². The number of anilines is 1. The van der Waals surface area contributed by atoms with Crippen LogP contribution in [-0.4, -0.2) is 77.2 Å². The van der Waals surface area contributed by atoms with Gasteiger partial charge in [0.05, 0.1) is 22.7 Å². The van der Waals surface area contributed by atoms with E-state index < -0.39 is 47.7 Å². The SMILES string of the molecule is Cc1cccc(Cl)c1N1C/C=C\CCC(=O)N[C@H](C)[C@@H](c2ccccc2)OC(=O)[C@@H]2[C@H]3O[C@@]4(C=C3Br)[C@H](C1=O)N(CCCCCCO)C(=O)[C@@H]24. The largest absolute Gasteiger partial charge is 0.455 e. The number of ether oxygens (including phenoxy) is 2. The number of aliphatic hydroxyl groups is 1. The number of aryl methyl sites for hydroxylation is 1. The second kappa shape index (κ2) is 15.4. The van der Waals surface area contributed by atoms with E-state index in [1.807, 2.05) is 61.5 Å². The van der Waals surface area contributed by atoms with E-state index in [1.165, 1.54) is 0 Å². The first-order valence-corrected chi connectivity index (χ1v) is 18.5. The maximum absolute atomic E-state index is 15.1. The first kappa shape index (κ1) is 36.3. The number of carbonyl (C=O) groups excluding carboxylic acids is 4. The zero-order chi connectivity index (χ0) is 35.6. The molecule has 266 valence electrons. The third-order valence-electron chi connectivity index (χ3n) is 10.2. The van der Waals surface area contributed by atoms with Gasteiger partial charge in [0.15, 0.2) is 0 Å². The summed E-state index contributed by atoms with van der Waals surface area (Å²) >= 11 is 10.4. The Morgan fingerprint density at radius 1 is 0.980 bits per heavy atom. The lowest BCUT2D eigenvalue weighted by atomic mass is 9.74. The molecule has 4 aliphatic rings. The quantitative estimate of drug-likeness (QED) is 0.205. The normalized spacial score (nSPS) is 30.6. The predicted molar refractivity (Wildman–Crippen MR) is 192 cm³/mol. The van der Waals surface area contributed by atoms with Crippen molar-refractivity contribution in [1.82, 2.24) is 10.2 Å². The Labute approximate surface area is 305 Å². The molecule has 12 heteroatoms. The minimum Gasteiger partial charge on any atom is -0.455 e. The van der Waals surface area contributed by atoms with Crippen LogP contribution in [0.1, 0.15) is 62.7 Å². The highest BCUT2D eigenvalue weighted by Gasteiger charge is 2.75. The molecule has 3 amide bonds. The number of para-hydroxylation sites is 1. The monoisotopic (exact) mass is 767 g/mol. The molecule has 1 spiro atoms. The van der Waals surface area contributed by atoms with E-state index in [-0.39, 0.29) is 43.8 Å². The Morgan fingerprint density at radius 3 is 2.48 bits per heavy atom. The highest BCUT2D eigenvalue weighted by atomic mass is 79.9. The van der Waals surface area contributed by atoms with Gasteiger partial charge in [-0.05, 0) is 56.4 Å². The second-order valence-electron chi connectivity index (χ2n) is 13.5. The van der Waals surface area contributed by atoms with Crippen LogP contribution in [-0.2, 0) is 28.7 Å². The van der Waals surface area contributed by atoms with Gasteiger partial charge >= 0.3 is 5.97 Å². The zero-order valence-corrected chi connectivity index (χ0v) is 30.6. The van der Waals surface area contributed by atoms with Crippen LogP contribution in [0.5, 0.6) is 0 Å². The lowest BCUT2D eigenvalue weighted by molar-refractivity contribution is -0.161. The fourth-order valence-corrected chi connectivity index (χ4v) is 8.94. The van der Waals surface area contributed by atoms with Crippen molar-refractivity contribution in [2.75, 3.05) is 24.6 Å². The number of nitrogens with one attached hydrogen (secondary N) is 1. The van der Waals surface area contributed by atoms with Crippen LogP contribution >= 0.6 is 27.5 Å². The van der Waals surface area contributed by atoms with Gasteiger partial charge in [0.1, 0.15) is 29.8 Å². The molecule has 50 heavy (non-hydrogen) atoms. The van der Waals surface area contributed by atoms with Crippen molar-refractivity contribution in [3.05, 3.63) is 87.4 Å². The maximum Gasteiger partial charge on any atom is 0.313 e. The molecule has 5 bridgehead atoms. The summed E-state index contributed by atoms with van der Waals surface area (Å²) in [5, 5.41) is 12.7. The number of cyclic esters (lactones) is 1. The predicted octanol–water partition coefficient (Wildman–Crippen LogP) is 5.55. The van der Waals surface area contributed by atoms with Crippen molar-refractivity contribution >= 4 is 56.9 Å². The first-order valence-electron chi connectivity index (χ1n) is 17.3. The number of nitrogens with zero attached hydrogens (tertiary/aromatic N) is 2. The number of benzene rings is 2. The number of esters is 1. The fourth-order valence-electron chi connectivity index (χ4n) is 7.88. The van der Waals surface area contributed by atoms with Gasteiger partial charge in [-0.3, -0.25) is 19.2 Å². The Balaban J connectivity index is 1.46. The summed E-state index contributed by atoms with van der Waals surface area (Å²) in [6.07, 6.45) is 7.16. The number of allylic oxidation sites excluding steroid dienone is 1. The van der Waals surface area contributed by atoms with Gasteiger partial charge in [-0.25, -0.2) is 0 Å². The molecule has 0 aromatic heterocycles. The van der Waals surface area contributed by atoms with E-state index in [2.05, 4.69) is 21.2 Å². The van der Waals surface area contributed by atoms with E-state index in [0.29, 0.717) is 40.0 Å². The molecule has 0 radical (unpaired) electrons. The molecule has 0 unspecified atom stereocenters. The number of halogens is 2. The molecular weight excluding hydrogens is 726 g/mol. The molecule has 2 fully saturated rings. The third kappa shape index (κ3) is 6.77. The Hall–Kier alpha value is -3.51. The van der Waals surface area contributed by atoms with E-state index >= 15 is 4.79 Å². The van der Waals surface area contributed by atoms with Gasteiger partial charge in [0.25, 0.3) is 5.91 Å². The summed E-state index contributed by atoms with van der Waals surface area (Å²) < 4.78 is 13.5. The van der Waals surface area contributed by atoms with Crippen molar-refractivity contribution in [3.63, 3.8) is 0 Å². The van der Waals surface area contributed by atoms with Crippen LogP contribution in [0, 0.1) is 18.8 Å². The number of fused-ring (bicyclic) bond motifs is 2. The summed E-state index contributed by atoms with van der Waals surface area (Å²) in [6, 6.07) is 12.9. The van der Waals surface area contributed by atoms with Crippen LogP contribution in [0.2, 0.25) is 5.02 Å². The molecule has 2 N–H and O–H groups in total. The van der Waals surface area contributed by atoms with Crippen LogP contribution < -0.4 is 10.2 Å². The number of aliphatic hydroxyl groups excluding tert-OH is 1. The topological polar surface area (TPSA) is 125 Å². The van der Waals surface area contributed by atoms with Crippen LogP contribution in [0.4, 0.5) is 5.69 Å². The van der Waals surface area contributed by atoms with Gasteiger partial charge in [0, 0.05) is 30.6 Å². The minimum absolute atomic E-state index is 0.0821. The number of hydrogen-bond donors (Lipinski definition) is 2. The molecule has 7 atom stereocenters. The Morgan fingerprint density at radius 2 is 1.74 bits per heavy atom. The summed E-state index contributed by atoms with van der Waals surface area (Å²) in [5.74, 6) is -3.66. The fraction of sp³-hybridized carbons (Fsp3) is 0.474. The molecule has 0 aliphatic carbocycles. The van der Waals surface area contributed by atoms with E-state index in [9.17, 15) is 19.5 Å². The average Bonchev–Trinajstić information content (AvgIpc) is 3.68. The highest BCUT2D eigenvalue weighted by Crippen LogP contribution is 2.59. The summed E-state index contributed by atoms with van der Waals surface area (Å²) in [5.41, 5.74) is 0.537. The standard InChI is InChI=1S/C38H43BrClN3O7/c1-23-14-13-17-27(40)31(23)42-19-11-6-9-18-28(45)41-24(2)32(25-15-7-5-8-16-25)49-37(48)29-30-35(46)43(20-10-3-4-12-21-44)34(36(42)47)38(30)22-26(39)33(29)50-38/h5-8,11,13-17,22,24,29-30,32-34,44H,3-4,9-10,12,18-21H2,1-2H3,(H,41,45)/b11-6-/t24-,29+,30-,32+,33+,34+,38-/m1/s1. The van der Waals surface area contributed by atoms with Gasteiger partial charge in [-0.2, -0.15) is 0 Å². The molecule has 4 heterocycles. The van der Waals surface area contributed by atoms with Gasteiger partial charge in [0.2, 0.25) is 11.8 Å². The van der Waals surface area contributed by atoms with Crippen LogP contribution in [0.3, 0.4) is 0 Å². The number of rotatable bonds is 8. The first-order chi connectivity index (χ1) is 24.1. The lowest BCUT2D eigenvalue weighted by Crippen LogP contribution is -2.56. The van der Waals surface area contributed by atoms with Gasteiger partial charge in [-0.15, -0.1) is 0 Å². The van der Waals surface area contributed by atoms with Gasteiger partial charge in [-0.1, -0.05) is 95.0 Å². The molecule has 6 rings (SSSR count). The van der Waals surface area contributed by atoms with Crippen LogP contribution in [0.25, 0.3) is 0 Å². The molecule has 2 aromatic rings. The highest BCUT2D eigenvalue weighted by molar-refractivity contribution is 9.11. The summed E-state index contributed by atoms with van der Waals surface area (Å²) in [4.78, 5) is 60.4. The van der Waals surface area contributed by atoms with Crippen molar-refractivity contribution in [2.24, 2.45) is 11.8 Å². The lowest BCUT2D eigenvalue weighted by Gasteiger charge is -2.36. The molecular formula is C38H43BrClN3O7. The van der Waals surface area contributed by atoms with Crippen molar-refractivity contribution in [2.45, 2.75) is 82.3 Å². The van der Waals surface area contributed by atoms with E-state index in [0.717, 1.165) is 18.4 Å². The molecule has 2 aromatic carbocycles. The summed E-state index contributed by atoms with van der Waals surface area (Å²) in [7, 11) is 0. The number of likely N-dealkylation sites (tertiary alicyclic amines) is 1. The summed E-state index contributed by atoms with van der Waals surface area (Å²) in [6.45, 7) is 4.14. The van der Waals surface area contributed by atoms with E-state index in [1.54, 1.807) is 28.9 Å². The molecule has 0 saturated carbocycles. The Bertz CT molecular complexity index is 1670. The van der Waals surface area contributed by atoms with Crippen LogP contribution in [0.15, 0.2) is 71.2 Å². The third-order valence-corrected chi connectivity index (χ3v) is 11.2. The van der Waals surface area contributed by atoms with Crippen molar-refractivity contribution in [1.29, 1.82) is 0 Å². The molecule has 4 aliphatic heterocycles. The van der Waals surface area contributed by atoms with Gasteiger partial charge < -0.3 is 29.7 Å². The molecule has 2 saturated heterocycles. The Kier molecular flexibility index (Phi) is 11.2. The number of unbranched alkanes of at least 4 members (excludes halogenated alkanes) is 3. The van der Waals surface area contributed by atoms with Crippen molar-refractivity contribution in [3.8, 4) is 0 Å².